The highest BCUT2D eigenvalue weighted by molar-refractivity contribution is 5.87. The Balaban J connectivity index is 1.71. The van der Waals surface area contributed by atoms with Crippen LogP contribution in [0.2, 0.25) is 0 Å². The minimum absolute atomic E-state index is 0.690. The lowest BCUT2D eigenvalue weighted by Crippen LogP contribution is -2.17. The maximum Gasteiger partial charge on any atom is 0.124 e. The number of hydrogen-bond donors (Lipinski definition) is 1. The van der Waals surface area contributed by atoms with Gasteiger partial charge in [-0.15, -0.1) is 0 Å². The third kappa shape index (κ3) is 3.91. The van der Waals surface area contributed by atoms with Gasteiger partial charge in [0.2, 0.25) is 0 Å². The second-order valence-electron chi connectivity index (χ2n) is 5.61. The third-order valence-electron chi connectivity index (χ3n) is 4.03. The summed E-state index contributed by atoms with van der Waals surface area (Å²) in [7, 11) is 0. The normalized spacial score (nSPS) is 10.8. The van der Waals surface area contributed by atoms with Gasteiger partial charge in [-0.2, -0.15) is 0 Å². The number of benzene rings is 3. The molecule has 2 nitrogen and oxygen atoms in total. The highest BCUT2D eigenvalue weighted by Gasteiger charge is 2.08. The Morgan fingerprint density at radius 3 is 2.48 bits per heavy atom. The van der Waals surface area contributed by atoms with Crippen molar-refractivity contribution in [3.63, 3.8) is 0 Å². The molecule has 1 N–H and O–H groups in total. The van der Waals surface area contributed by atoms with Crippen LogP contribution in [0.5, 0.6) is 5.75 Å². The maximum atomic E-state index is 5.82. The Morgan fingerprint density at radius 1 is 0.870 bits per heavy atom. The zero-order chi connectivity index (χ0) is 15.9. The minimum atomic E-state index is 0.690. The molecule has 0 fully saturated rings. The summed E-state index contributed by atoms with van der Waals surface area (Å²) in [4.78, 5) is 0. The molecule has 0 unspecified atom stereocenters. The van der Waals surface area contributed by atoms with Gasteiger partial charge in [-0.05, 0) is 42.3 Å². The van der Waals surface area contributed by atoms with Crippen LogP contribution < -0.4 is 10.1 Å². The average Bonchev–Trinajstić information content (AvgIpc) is 2.61. The maximum absolute atomic E-state index is 5.82. The Kier molecular flexibility index (Phi) is 5.28. The molecule has 118 valence electrons. The first-order valence-electron chi connectivity index (χ1n) is 8.26. The van der Waals surface area contributed by atoms with Crippen LogP contribution in [0, 0.1) is 0 Å². The van der Waals surface area contributed by atoms with Crippen LogP contribution in [0.1, 0.15) is 18.1 Å². The van der Waals surface area contributed by atoms with E-state index in [4.69, 9.17) is 4.74 Å². The summed E-state index contributed by atoms with van der Waals surface area (Å²) in [6.07, 6.45) is 1.04. The van der Waals surface area contributed by atoms with Gasteiger partial charge in [0.1, 0.15) is 5.75 Å². The van der Waals surface area contributed by atoms with Crippen molar-refractivity contribution < 1.29 is 4.74 Å². The summed E-state index contributed by atoms with van der Waals surface area (Å²) in [5.74, 6) is 0.985. The summed E-state index contributed by atoms with van der Waals surface area (Å²) in [5, 5.41) is 6.09. The first kappa shape index (κ1) is 15.6. The fourth-order valence-electron chi connectivity index (χ4n) is 2.88. The monoisotopic (exact) mass is 305 g/mol. The molecule has 0 spiro atoms. The molecule has 0 saturated heterocycles. The van der Waals surface area contributed by atoms with E-state index in [2.05, 4.69) is 72.0 Å². The first-order chi connectivity index (χ1) is 11.4. The van der Waals surface area contributed by atoms with E-state index < -0.39 is 0 Å². The summed E-state index contributed by atoms with van der Waals surface area (Å²) < 4.78 is 5.82. The molecule has 23 heavy (non-hydrogen) atoms. The van der Waals surface area contributed by atoms with E-state index in [1.54, 1.807) is 0 Å². The van der Waals surface area contributed by atoms with Crippen molar-refractivity contribution in [2.24, 2.45) is 0 Å². The van der Waals surface area contributed by atoms with Crippen LogP contribution in [-0.4, -0.2) is 13.2 Å². The third-order valence-corrected chi connectivity index (χ3v) is 4.03. The van der Waals surface area contributed by atoms with E-state index in [1.807, 2.05) is 6.92 Å². The summed E-state index contributed by atoms with van der Waals surface area (Å²) >= 11 is 0. The second kappa shape index (κ2) is 7.80. The lowest BCUT2D eigenvalue weighted by Gasteiger charge is -2.14. The molecule has 0 bridgehead atoms. The largest absolute Gasteiger partial charge is 0.494 e. The van der Waals surface area contributed by atoms with Gasteiger partial charge in [0, 0.05) is 12.1 Å². The molecule has 0 amide bonds. The summed E-state index contributed by atoms with van der Waals surface area (Å²) in [6.45, 7) is 4.50. The van der Waals surface area contributed by atoms with Crippen LogP contribution in [0.25, 0.3) is 10.8 Å². The van der Waals surface area contributed by atoms with E-state index in [0.717, 1.165) is 25.3 Å². The summed E-state index contributed by atoms with van der Waals surface area (Å²) in [5.41, 5.74) is 2.61. The zero-order valence-corrected chi connectivity index (χ0v) is 13.6. The standard InChI is InChI=1S/C21H23NO/c1-2-23-21-13-12-18-10-6-7-11-19(18)20(21)16-22-15-14-17-8-4-3-5-9-17/h3-13,22H,2,14-16H2,1H3. The molecule has 0 heterocycles. The topological polar surface area (TPSA) is 21.3 Å². The fourth-order valence-corrected chi connectivity index (χ4v) is 2.88. The number of fused-ring (bicyclic) bond motifs is 1. The van der Waals surface area contributed by atoms with E-state index >= 15 is 0 Å². The molecule has 0 saturated carbocycles. The van der Waals surface area contributed by atoms with E-state index in [9.17, 15) is 0 Å². The Bertz CT molecular complexity index is 752. The first-order valence-corrected chi connectivity index (χ1v) is 8.26. The zero-order valence-electron chi connectivity index (χ0n) is 13.6. The lowest BCUT2D eigenvalue weighted by molar-refractivity contribution is 0.336. The number of rotatable bonds is 7. The molecule has 0 aromatic heterocycles. The van der Waals surface area contributed by atoms with Crippen molar-refractivity contribution in [2.45, 2.75) is 19.9 Å². The number of hydrogen-bond acceptors (Lipinski definition) is 2. The van der Waals surface area contributed by atoms with Crippen LogP contribution >= 0.6 is 0 Å². The molecule has 0 aliphatic heterocycles. The second-order valence-corrected chi connectivity index (χ2v) is 5.61. The van der Waals surface area contributed by atoms with Crippen molar-refractivity contribution >= 4 is 10.8 Å². The van der Waals surface area contributed by atoms with E-state index in [1.165, 1.54) is 21.9 Å². The van der Waals surface area contributed by atoms with Gasteiger partial charge in [-0.1, -0.05) is 60.7 Å². The van der Waals surface area contributed by atoms with Crippen molar-refractivity contribution in [3.05, 3.63) is 77.9 Å². The SMILES string of the molecule is CCOc1ccc2ccccc2c1CNCCc1ccccc1. The molecule has 2 heteroatoms. The van der Waals surface area contributed by atoms with Crippen LogP contribution in [0.3, 0.4) is 0 Å². The van der Waals surface area contributed by atoms with Crippen LogP contribution in [-0.2, 0) is 13.0 Å². The molecular formula is C21H23NO. The van der Waals surface area contributed by atoms with Crippen molar-refractivity contribution in [3.8, 4) is 5.75 Å². The van der Waals surface area contributed by atoms with Crippen molar-refractivity contribution in [2.75, 3.05) is 13.2 Å². The molecule has 3 aromatic rings. The van der Waals surface area contributed by atoms with Gasteiger partial charge < -0.3 is 10.1 Å². The van der Waals surface area contributed by atoms with Gasteiger partial charge >= 0.3 is 0 Å². The Hall–Kier alpha value is -2.32. The van der Waals surface area contributed by atoms with Gasteiger partial charge in [0.05, 0.1) is 6.61 Å². The molecule has 0 aliphatic carbocycles. The molecular weight excluding hydrogens is 282 g/mol. The van der Waals surface area contributed by atoms with Gasteiger partial charge in [0.25, 0.3) is 0 Å². The molecule has 0 atom stereocenters. The summed E-state index contributed by atoms with van der Waals surface area (Å²) in [6, 6.07) is 23.3. The fraction of sp³-hybridized carbons (Fsp3) is 0.238. The smallest absolute Gasteiger partial charge is 0.124 e. The average molecular weight is 305 g/mol. The number of nitrogens with one attached hydrogen (secondary N) is 1. The number of ether oxygens (including phenoxy) is 1. The molecule has 0 aliphatic rings. The molecule has 3 rings (SSSR count). The molecule has 3 aromatic carbocycles. The van der Waals surface area contributed by atoms with Crippen LogP contribution in [0.15, 0.2) is 66.7 Å². The van der Waals surface area contributed by atoms with Crippen molar-refractivity contribution in [1.29, 1.82) is 0 Å². The molecule has 0 radical (unpaired) electrons. The van der Waals surface area contributed by atoms with Gasteiger partial charge in [-0.3, -0.25) is 0 Å². The lowest BCUT2D eigenvalue weighted by atomic mass is 10.0. The van der Waals surface area contributed by atoms with E-state index in [-0.39, 0.29) is 0 Å². The highest BCUT2D eigenvalue weighted by Crippen LogP contribution is 2.28. The Morgan fingerprint density at radius 2 is 1.65 bits per heavy atom. The van der Waals surface area contributed by atoms with Crippen molar-refractivity contribution in [1.82, 2.24) is 5.32 Å². The predicted molar refractivity (Wildman–Crippen MR) is 97.0 cm³/mol. The van der Waals surface area contributed by atoms with E-state index in [0.29, 0.717) is 6.61 Å². The predicted octanol–water partition coefficient (Wildman–Crippen LogP) is 4.57. The van der Waals surface area contributed by atoms with Crippen LogP contribution in [0.4, 0.5) is 0 Å². The Labute approximate surface area is 138 Å². The van der Waals surface area contributed by atoms with Gasteiger partial charge in [-0.25, -0.2) is 0 Å². The minimum Gasteiger partial charge on any atom is -0.494 e. The van der Waals surface area contributed by atoms with Gasteiger partial charge in [0.15, 0.2) is 0 Å². The highest BCUT2D eigenvalue weighted by atomic mass is 16.5. The quantitative estimate of drug-likeness (QED) is 0.646.